The number of methoxy groups -OCH3 is 2. The van der Waals surface area contributed by atoms with Gasteiger partial charge in [-0.05, 0) is 59.5 Å². The maximum Gasteiger partial charge on any atom is 0.248 e. The van der Waals surface area contributed by atoms with Gasteiger partial charge >= 0.3 is 0 Å². The highest BCUT2D eigenvalue weighted by molar-refractivity contribution is 5.95. The van der Waals surface area contributed by atoms with Crippen LogP contribution in [0.3, 0.4) is 0 Å². The number of primary amides is 1. The number of nitrogens with two attached hydrogens (primary N) is 1. The van der Waals surface area contributed by atoms with Crippen molar-refractivity contribution in [1.82, 2.24) is 4.90 Å². The van der Waals surface area contributed by atoms with E-state index in [1.807, 2.05) is 30.3 Å². The largest absolute Gasteiger partial charge is 0.493 e. The van der Waals surface area contributed by atoms with Gasteiger partial charge < -0.3 is 20.5 Å². The smallest absolute Gasteiger partial charge is 0.248 e. The number of nitrogens with zero attached hydrogens (tertiary/aromatic N) is 1. The van der Waals surface area contributed by atoms with Crippen LogP contribution >= 0.6 is 0 Å². The maximum atomic E-state index is 12.9. The lowest BCUT2D eigenvalue weighted by Crippen LogP contribution is -2.41. The van der Waals surface area contributed by atoms with E-state index in [2.05, 4.69) is 22.3 Å². The molecule has 0 fully saturated rings. The highest BCUT2D eigenvalue weighted by Gasteiger charge is 2.31. The third-order valence-electron chi connectivity index (χ3n) is 5.89. The fraction of sp³-hybridized carbons (Fsp3) is 0.231. The van der Waals surface area contributed by atoms with Crippen molar-refractivity contribution in [2.24, 2.45) is 5.73 Å². The first-order valence-corrected chi connectivity index (χ1v) is 10.7. The molecule has 3 aromatic rings. The molecule has 1 atom stereocenters. The van der Waals surface area contributed by atoms with E-state index < -0.39 is 5.91 Å². The molecule has 2 amide bonds. The monoisotopic (exact) mass is 445 g/mol. The Morgan fingerprint density at radius 3 is 2.30 bits per heavy atom. The summed E-state index contributed by atoms with van der Waals surface area (Å²) in [5.74, 6) is 0.732. The van der Waals surface area contributed by atoms with Gasteiger partial charge in [0.1, 0.15) is 0 Å². The number of carbonyl (C=O) groups excluding carboxylic acids is 2. The zero-order chi connectivity index (χ0) is 23.4. The van der Waals surface area contributed by atoms with Gasteiger partial charge in [0, 0.05) is 17.8 Å². The number of amides is 2. The van der Waals surface area contributed by atoms with Gasteiger partial charge in [0.05, 0.1) is 26.8 Å². The van der Waals surface area contributed by atoms with Crippen LogP contribution in [0.25, 0.3) is 0 Å². The molecule has 0 saturated heterocycles. The van der Waals surface area contributed by atoms with Crippen LogP contribution in [-0.2, 0) is 11.2 Å². The van der Waals surface area contributed by atoms with E-state index in [4.69, 9.17) is 15.2 Å². The second kappa shape index (κ2) is 9.75. The third-order valence-corrected chi connectivity index (χ3v) is 5.89. The first-order valence-electron chi connectivity index (χ1n) is 10.7. The molecule has 3 aromatic carbocycles. The van der Waals surface area contributed by atoms with Gasteiger partial charge in [-0.25, -0.2) is 0 Å². The summed E-state index contributed by atoms with van der Waals surface area (Å²) in [4.78, 5) is 26.4. The van der Waals surface area contributed by atoms with Gasteiger partial charge in [0.15, 0.2) is 11.5 Å². The zero-order valence-corrected chi connectivity index (χ0v) is 18.7. The van der Waals surface area contributed by atoms with E-state index in [9.17, 15) is 9.59 Å². The van der Waals surface area contributed by atoms with Crippen LogP contribution in [0.2, 0.25) is 0 Å². The number of hydrogen-bond donors (Lipinski definition) is 2. The van der Waals surface area contributed by atoms with E-state index in [1.165, 1.54) is 5.56 Å². The van der Waals surface area contributed by atoms with Crippen LogP contribution in [0.1, 0.15) is 33.1 Å². The van der Waals surface area contributed by atoms with Crippen molar-refractivity contribution in [2.45, 2.75) is 12.5 Å². The standard InChI is InChI=1S/C26H27N3O4/c1-32-22-14-19-12-13-29(16-24(30)28-20-10-8-18(9-11-20)26(27)31)25(17-6-4-3-5-7-17)21(19)15-23(22)33-2/h3-11,14-15,25H,12-13,16H2,1-2H3,(H2,27,31)(H,28,30). The van der Waals surface area contributed by atoms with E-state index in [-0.39, 0.29) is 18.5 Å². The number of rotatable bonds is 7. The van der Waals surface area contributed by atoms with E-state index in [0.717, 1.165) is 24.1 Å². The molecule has 1 aliphatic heterocycles. The molecule has 170 valence electrons. The molecule has 0 aliphatic carbocycles. The number of carbonyl (C=O) groups is 2. The number of benzene rings is 3. The quantitative estimate of drug-likeness (QED) is 0.581. The molecule has 3 N–H and O–H groups in total. The summed E-state index contributed by atoms with van der Waals surface area (Å²) < 4.78 is 11.0. The van der Waals surface area contributed by atoms with Crippen LogP contribution < -0.4 is 20.5 Å². The van der Waals surface area contributed by atoms with Gasteiger partial charge in [0.25, 0.3) is 0 Å². The minimum absolute atomic E-state index is 0.0993. The molecule has 0 saturated carbocycles. The first-order chi connectivity index (χ1) is 16.0. The Morgan fingerprint density at radius 1 is 1.00 bits per heavy atom. The molecule has 33 heavy (non-hydrogen) atoms. The molecular weight excluding hydrogens is 418 g/mol. The third kappa shape index (κ3) is 4.83. The van der Waals surface area contributed by atoms with Crippen molar-refractivity contribution in [3.8, 4) is 11.5 Å². The van der Waals surface area contributed by atoms with Crippen molar-refractivity contribution >= 4 is 17.5 Å². The molecule has 4 rings (SSSR count). The Bertz CT molecular complexity index is 1150. The van der Waals surface area contributed by atoms with Crippen LogP contribution in [0.5, 0.6) is 11.5 Å². The Balaban J connectivity index is 1.61. The normalized spacial score (nSPS) is 15.4. The van der Waals surface area contributed by atoms with Crippen molar-refractivity contribution in [3.63, 3.8) is 0 Å². The van der Waals surface area contributed by atoms with Crippen LogP contribution in [0, 0.1) is 0 Å². The predicted molar refractivity (Wildman–Crippen MR) is 127 cm³/mol. The summed E-state index contributed by atoms with van der Waals surface area (Å²) in [5, 5.41) is 2.91. The molecule has 1 heterocycles. The number of fused-ring (bicyclic) bond motifs is 1. The highest BCUT2D eigenvalue weighted by atomic mass is 16.5. The molecule has 7 heteroatoms. The highest BCUT2D eigenvalue weighted by Crippen LogP contribution is 2.40. The second-order valence-electron chi connectivity index (χ2n) is 7.93. The van der Waals surface area contributed by atoms with E-state index >= 15 is 0 Å². The summed E-state index contributed by atoms with van der Waals surface area (Å²) in [6, 6.07) is 20.6. The lowest BCUT2D eigenvalue weighted by atomic mass is 9.87. The average molecular weight is 446 g/mol. The molecule has 0 bridgehead atoms. The van der Waals surface area contributed by atoms with Crippen molar-refractivity contribution in [2.75, 3.05) is 32.6 Å². The number of ether oxygens (including phenoxy) is 2. The van der Waals surface area contributed by atoms with Gasteiger partial charge in [0.2, 0.25) is 11.8 Å². The number of hydrogen-bond acceptors (Lipinski definition) is 5. The topological polar surface area (TPSA) is 93.9 Å². The lowest BCUT2D eigenvalue weighted by molar-refractivity contribution is -0.117. The molecular formula is C26H27N3O4. The molecule has 0 aromatic heterocycles. The van der Waals surface area contributed by atoms with Crippen molar-refractivity contribution in [3.05, 3.63) is 89.0 Å². The molecule has 0 spiro atoms. The summed E-state index contributed by atoms with van der Waals surface area (Å²) >= 11 is 0. The minimum Gasteiger partial charge on any atom is -0.493 e. The fourth-order valence-corrected chi connectivity index (χ4v) is 4.30. The van der Waals surface area contributed by atoms with E-state index in [0.29, 0.717) is 22.7 Å². The fourth-order valence-electron chi connectivity index (χ4n) is 4.30. The molecule has 0 radical (unpaired) electrons. The summed E-state index contributed by atoms with van der Waals surface area (Å²) in [5.41, 5.74) is 9.68. The summed E-state index contributed by atoms with van der Waals surface area (Å²) in [7, 11) is 3.26. The van der Waals surface area contributed by atoms with Gasteiger partial charge in [-0.15, -0.1) is 0 Å². The van der Waals surface area contributed by atoms with Crippen molar-refractivity contribution < 1.29 is 19.1 Å². The Hall–Kier alpha value is -3.84. The number of anilines is 1. The van der Waals surface area contributed by atoms with Crippen LogP contribution in [0.4, 0.5) is 5.69 Å². The van der Waals surface area contributed by atoms with Crippen LogP contribution in [-0.4, -0.2) is 44.0 Å². The maximum absolute atomic E-state index is 12.9. The van der Waals surface area contributed by atoms with Gasteiger partial charge in [-0.2, -0.15) is 0 Å². The average Bonchev–Trinajstić information content (AvgIpc) is 2.83. The second-order valence-corrected chi connectivity index (χ2v) is 7.93. The Labute approximate surface area is 193 Å². The predicted octanol–water partition coefficient (Wildman–Crippen LogP) is 3.39. The molecule has 1 unspecified atom stereocenters. The summed E-state index contributed by atoms with van der Waals surface area (Å²) in [6.07, 6.45) is 0.791. The lowest BCUT2D eigenvalue weighted by Gasteiger charge is -2.37. The van der Waals surface area contributed by atoms with Gasteiger partial charge in [-0.3, -0.25) is 14.5 Å². The van der Waals surface area contributed by atoms with Gasteiger partial charge in [-0.1, -0.05) is 30.3 Å². The SMILES string of the molecule is COc1cc2c(cc1OC)C(c1ccccc1)N(CC(=O)Nc1ccc(C(N)=O)cc1)CC2. The minimum atomic E-state index is -0.502. The zero-order valence-electron chi connectivity index (χ0n) is 18.7. The Kier molecular flexibility index (Phi) is 6.60. The van der Waals surface area contributed by atoms with Crippen LogP contribution in [0.15, 0.2) is 66.7 Å². The van der Waals surface area contributed by atoms with Crippen molar-refractivity contribution in [1.29, 1.82) is 0 Å². The first kappa shape index (κ1) is 22.4. The Morgan fingerprint density at radius 2 is 1.67 bits per heavy atom. The molecule has 7 nitrogen and oxygen atoms in total. The van der Waals surface area contributed by atoms with E-state index in [1.54, 1.807) is 38.5 Å². The summed E-state index contributed by atoms with van der Waals surface area (Å²) in [6.45, 7) is 0.932. The molecule has 1 aliphatic rings. The number of nitrogens with one attached hydrogen (secondary N) is 1.